The molecule has 0 unspecified atom stereocenters. The minimum atomic E-state index is -2.45. The number of ketones is 3. The molecule has 127 heavy (non-hydrogen) atoms. The number of fused-ring (bicyclic) bond motifs is 5. The second-order valence-electron chi connectivity index (χ2n) is 35.0. The smallest absolute Gasteiger partial charge is 0.329 e. The normalized spacial score (nSPS) is 28.8. The van der Waals surface area contributed by atoms with Crippen LogP contribution in [0.2, 0.25) is 0 Å². The molecule has 5 aliphatic rings. The van der Waals surface area contributed by atoms with Crippen LogP contribution in [-0.4, -0.2) is 273 Å². The number of allylic oxidation sites excluding steroid dienone is 5. The third-order valence-corrected chi connectivity index (χ3v) is 25.4. The number of ether oxygens (including phenoxy) is 13. The van der Waals surface area contributed by atoms with Gasteiger partial charge in [-0.1, -0.05) is 89.3 Å². The minimum absolute atomic E-state index is 0.0100. The number of H-pyrrole nitrogens is 1. The largest absolute Gasteiger partial charge is 0.460 e. The molecule has 9 rings (SSSR count). The fourth-order valence-electron chi connectivity index (χ4n) is 17.8. The number of piperidine rings is 1. The van der Waals surface area contributed by atoms with Gasteiger partial charge < -0.3 is 97.8 Å². The van der Waals surface area contributed by atoms with Gasteiger partial charge in [-0.05, 0) is 178 Å². The molecule has 2 saturated heterocycles. The van der Waals surface area contributed by atoms with Crippen molar-refractivity contribution in [2.24, 2.45) is 41.4 Å². The number of aromatic amines is 1. The number of benzene rings is 1. The van der Waals surface area contributed by atoms with Gasteiger partial charge in [0.25, 0.3) is 11.7 Å². The van der Waals surface area contributed by atoms with E-state index in [0.717, 1.165) is 59.4 Å². The van der Waals surface area contributed by atoms with Crippen molar-refractivity contribution in [1.29, 1.82) is 0 Å². The lowest BCUT2D eigenvalue weighted by Gasteiger charge is -2.43. The summed E-state index contributed by atoms with van der Waals surface area (Å²) in [4.78, 5) is 109. The molecule has 1 aromatic carbocycles. The van der Waals surface area contributed by atoms with Gasteiger partial charge in [0.2, 0.25) is 11.7 Å². The molecule has 16 atom stereocenters. The molecule has 2 aliphatic carbocycles. The Morgan fingerprint density at radius 3 is 2.07 bits per heavy atom. The number of cyclic esters (lactones) is 1. The van der Waals surface area contributed by atoms with Crippen LogP contribution in [0.1, 0.15) is 214 Å². The topological polar surface area (TPSA) is 400 Å². The number of Topliss-reactive ketones (excluding diaryl/α,β-unsaturated/α-hetero) is 3. The van der Waals surface area contributed by atoms with Crippen molar-refractivity contribution in [3.8, 4) is 11.4 Å². The van der Waals surface area contributed by atoms with Gasteiger partial charge in [0.05, 0.1) is 96.2 Å². The average Bonchev–Trinajstić information content (AvgIpc) is 1.65. The third-order valence-electron chi connectivity index (χ3n) is 25.4. The quantitative estimate of drug-likeness (QED) is 0.0105. The van der Waals surface area contributed by atoms with Crippen LogP contribution in [0.3, 0.4) is 0 Å². The number of aryl methyl sites for hydroxylation is 1. The van der Waals surface area contributed by atoms with Gasteiger partial charge in [0.15, 0.2) is 11.6 Å². The second kappa shape index (κ2) is 54.9. The molecule has 4 aromatic rings. The van der Waals surface area contributed by atoms with Gasteiger partial charge >= 0.3 is 11.9 Å². The van der Waals surface area contributed by atoms with Gasteiger partial charge in [-0.2, -0.15) is 5.10 Å². The van der Waals surface area contributed by atoms with Gasteiger partial charge in [0.1, 0.15) is 59.6 Å². The van der Waals surface area contributed by atoms with Gasteiger partial charge in [-0.3, -0.25) is 28.8 Å². The summed E-state index contributed by atoms with van der Waals surface area (Å²) < 4.78 is 76.0. The third kappa shape index (κ3) is 32.1. The number of esters is 2. The van der Waals surface area contributed by atoms with Crippen LogP contribution in [0.25, 0.3) is 27.8 Å². The zero-order valence-electron chi connectivity index (χ0n) is 77.6. The summed E-state index contributed by atoms with van der Waals surface area (Å²) in [5.41, 5.74) is 12.2. The van der Waals surface area contributed by atoms with Crippen molar-refractivity contribution >= 4 is 63.3 Å². The lowest BCUT2D eigenvalue weighted by Crippen LogP contribution is -2.61. The highest BCUT2D eigenvalue weighted by atomic mass is 16.6. The SMILES string of the molecule is CCOCCC(=O)NCCOCCOCCCC(=O)C1CCC(c2nc(-c3cc4cccc(C)c4[nH]3)c3c(N)ncnn23)CC1.CCOCCOCCOCCOCCCC(=O)O[C@@H]1CC[C@@H](C[C@@H](C)[C@@H]2C[C@@H](O)[C@H](C)/C=C(\C)[C@@H](O)[C@@H](OC)C(=O)[C@H](C)C[C@H](C)/C=C/C=C/C=C(\C)[C@@H](OC)C[C@@H]3CC[C@@H](C)[C@@](O)(O3)C(=O)C(=O)N3CCCC[C@H]3C(=O)O2)C[C@H]1OC. The Labute approximate surface area is 750 Å². The van der Waals surface area contributed by atoms with E-state index in [1.54, 1.807) is 41.1 Å². The number of nitrogens with one attached hydrogen (secondary N) is 2. The number of nitrogens with two attached hydrogens (primary N) is 1. The molecule has 7 N–H and O–H groups in total. The fourth-order valence-corrected chi connectivity index (χ4v) is 17.8. The highest BCUT2D eigenvalue weighted by Gasteiger charge is 2.53. The van der Waals surface area contributed by atoms with E-state index in [-0.39, 0.29) is 79.2 Å². The number of rotatable bonds is 38. The summed E-state index contributed by atoms with van der Waals surface area (Å²) in [6, 6.07) is 7.16. The van der Waals surface area contributed by atoms with Crippen molar-refractivity contribution < 1.29 is 110 Å². The average molecular weight is 1780 g/mol. The predicted octanol–water partition coefficient (Wildman–Crippen LogP) is 11.8. The van der Waals surface area contributed by atoms with Crippen molar-refractivity contribution in [1.82, 2.24) is 34.8 Å². The molecule has 0 radical (unpaired) electrons. The number of nitrogen functional groups attached to an aromatic ring is 1. The molecule has 2 amide bonds. The number of imidazole rings is 1. The summed E-state index contributed by atoms with van der Waals surface area (Å²) >= 11 is 0. The monoisotopic (exact) mass is 1780 g/mol. The summed E-state index contributed by atoms with van der Waals surface area (Å²) in [6.45, 7) is 26.1. The number of hydrogen-bond donors (Lipinski definition) is 6. The van der Waals surface area contributed by atoms with E-state index in [1.165, 1.54) is 23.9 Å². The summed E-state index contributed by atoms with van der Waals surface area (Å²) in [5, 5.41) is 44.1. The Kier molecular flexibility index (Phi) is 45.3. The molecule has 2 saturated carbocycles. The Bertz CT molecular complexity index is 4180. The number of nitrogens with zero attached hydrogens (tertiary/aromatic N) is 5. The van der Waals surface area contributed by atoms with Gasteiger partial charge in [0, 0.05) is 133 Å². The van der Waals surface area contributed by atoms with E-state index >= 15 is 0 Å². The Balaban J connectivity index is 0.000000370. The molecule has 4 fully saturated rings. The van der Waals surface area contributed by atoms with Crippen molar-refractivity contribution in [3.63, 3.8) is 0 Å². The lowest BCUT2D eigenvalue weighted by atomic mass is 9.78. The molecule has 3 aliphatic heterocycles. The van der Waals surface area contributed by atoms with Crippen molar-refractivity contribution in [3.05, 3.63) is 89.6 Å². The maximum atomic E-state index is 14.7. The number of hydrogen-bond acceptors (Lipinski definition) is 27. The van der Waals surface area contributed by atoms with Crippen LogP contribution < -0.4 is 11.1 Å². The number of amides is 2. The molecule has 0 spiro atoms. The van der Waals surface area contributed by atoms with Crippen molar-refractivity contribution in [2.45, 2.75) is 271 Å². The van der Waals surface area contributed by atoms with Crippen LogP contribution in [0.5, 0.6) is 0 Å². The maximum absolute atomic E-state index is 14.7. The van der Waals surface area contributed by atoms with Crippen LogP contribution in [0.4, 0.5) is 5.82 Å². The number of aliphatic hydroxyl groups is 3. The molecule has 6 heterocycles. The Morgan fingerprint density at radius 2 is 1.39 bits per heavy atom. The predicted molar refractivity (Wildman–Crippen MR) is 480 cm³/mol. The molecule has 31 heteroatoms. The Morgan fingerprint density at radius 1 is 0.717 bits per heavy atom. The fraction of sp³-hybridized carbons (Fsp3) is 0.708. The second-order valence-corrected chi connectivity index (χ2v) is 35.0. The van der Waals surface area contributed by atoms with Crippen LogP contribution >= 0.6 is 0 Å². The molecular formula is C96H148N8O23. The highest BCUT2D eigenvalue weighted by Crippen LogP contribution is 2.42. The molecular weight excluding hydrogens is 1630 g/mol. The number of carbonyl (C=O) groups excluding carboxylic acids is 7. The number of aromatic nitrogens is 5. The lowest BCUT2D eigenvalue weighted by molar-refractivity contribution is -0.265. The van der Waals surface area contributed by atoms with Gasteiger partial charge in [-0.25, -0.2) is 19.3 Å². The van der Waals surface area contributed by atoms with E-state index < -0.39 is 90.0 Å². The zero-order valence-corrected chi connectivity index (χ0v) is 77.6. The maximum Gasteiger partial charge on any atom is 0.329 e. The molecule has 31 nitrogen and oxygen atoms in total. The van der Waals surface area contributed by atoms with Crippen LogP contribution in [-0.2, 0) is 95.1 Å². The first-order valence-corrected chi connectivity index (χ1v) is 46.4. The van der Waals surface area contributed by atoms with E-state index in [4.69, 9.17) is 72.3 Å². The van der Waals surface area contributed by atoms with E-state index in [0.29, 0.717) is 212 Å². The summed E-state index contributed by atoms with van der Waals surface area (Å²) in [7, 11) is 4.56. The summed E-state index contributed by atoms with van der Waals surface area (Å²) in [5.74, 6) is -6.21. The first kappa shape index (κ1) is 105. The molecule has 3 aromatic heterocycles. The molecule has 710 valence electrons. The highest BCUT2D eigenvalue weighted by molar-refractivity contribution is 6.39. The standard InChI is InChI=1S/C63H103NO18.C33H45N7O5/c1-12-76-29-30-78-33-34-79-32-31-77-28-18-22-56(66)80-52-26-24-48(38-55(52)74-10)37-44(5)54-40-51(65)43(4)36-46(7)58(68)59(75-11)57(67)45(6)35-41(2)19-14-13-15-20-42(3)53(73-9)39-49-25-23-47(8)63(72,82-49)60(69)61(70)64-27-17-16-21-50(64)62(71)81-54;1-3-43-16-13-28(42)35-14-17-45-19-18-44-15-5-8-27(41)23-9-11-24(12-10-23)33-39-30(31-32(34)36-21-37-40(31)33)26-20-25-7-4-6-22(2)29(25)38-26/h13-15,19-20,36,41,43-45,47-55,58-59,65,68,72H,12,16-18,21-35,37-40H2,1-11H3;4,6-7,20-21,23-24,38H,3,5,8-19H2,1-2H3,(H,35,42)(H2,34,36,37)/b15-13+,19-14+,42-20+,46-36+;/t41-,43-,44-,45-,47-,48+,49+,50+,51-,52-,53+,54+,55-,58-,59+,63-;/m1./s1. The number of carbonyl (C=O) groups is 7. The number of methoxy groups -OCH3 is 3. The Hall–Kier alpha value is -7.60. The van der Waals surface area contributed by atoms with E-state index in [9.17, 15) is 48.9 Å². The van der Waals surface area contributed by atoms with E-state index in [1.807, 2.05) is 82.5 Å². The summed E-state index contributed by atoms with van der Waals surface area (Å²) in [6.07, 6.45) is 17.4. The van der Waals surface area contributed by atoms with Crippen LogP contribution in [0.15, 0.2) is 78.2 Å². The first-order valence-electron chi connectivity index (χ1n) is 46.4. The van der Waals surface area contributed by atoms with Crippen molar-refractivity contribution in [2.75, 3.05) is 133 Å². The number of anilines is 1. The minimum Gasteiger partial charge on any atom is -0.460 e. The molecule has 2 bridgehead atoms. The number of aliphatic hydroxyl groups excluding tert-OH is 2. The van der Waals surface area contributed by atoms with Crippen LogP contribution in [0, 0.1) is 48.3 Å². The van der Waals surface area contributed by atoms with E-state index in [2.05, 4.69) is 45.5 Å². The first-order chi connectivity index (χ1) is 61.1. The zero-order chi connectivity index (χ0) is 92.0. The number of para-hydroxylation sites is 1. The van der Waals surface area contributed by atoms with Gasteiger partial charge in [-0.15, -0.1) is 0 Å².